The number of ether oxygens (including phenoxy) is 1. The summed E-state index contributed by atoms with van der Waals surface area (Å²) >= 11 is 0. The smallest absolute Gasteiger partial charge is 0.348 e. The van der Waals surface area contributed by atoms with Crippen LogP contribution in [0.4, 0.5) is 11.5 Å². The van der Waals surface area contributed by atoms with Crippen LogP contribution in [-0.4, -0.2) is 70.3 Å². The Balaban J connectivity index is 1.53. The zero-order valence-corrected chi connectivity index (χ0v) is 20.0. The molecule has 0 saturated carbocycles. The van der Waals surface area contributed by atoms with Gasteiger partial charge in [-0.15, -0.1) is 5.11 Å². The molecule has 3 heterocycles. The van der Waals surface area contributed by atoms with Crippen LogP contribution >= 0.6 is 0 Å². The van der Waals surface area contributed by atoms with Crippen molar-refractivity contribution in [2.24, 2.45) is 10.3 Å². The van der Waals surface area contributed by atoms with Gasteiger partial charge in [-0.3, -0.25) is 9.99 Å². The lowest BCUT2D eigenvalue weighted by Crippen LogP contribution is -2.41. The number of likely N-dealkylation sites (N-methyl/N-ethyl adjacent to an activating group) is 1. The highest BCUT2D eigenvalue weighted by Gasteiger charge is 2.16. The first-order chi connectivity index (χ1) is 17.4. The first-order valence-corrected chi connectivity index (χ1v) is 11.4. The second-order valence-corrected chi connectivity index (χ2v) is 8.59. The van der Waals surface area contributed by atoms with Gasteiger partial charge in [-0.05, 0) is 48.5 Å². The molecule has 0 bridgehead atoms. The number of anilines is 1. The molecule has 11 heteroatoms. The molecule has 11 nitrogen and oxygen atoms in total. The Morgan fingerprint density at radius 2 is 1.75 bits per heavy atom. The number of nitrogens with two attached hydrogens (primary N) is 1. The SMILES string of the molecule is COc1cc(-c2cc(-c3ccc(N=NN4CCN(C)CC4)cc3)nc3nc(=O)[nH]c(N)c23)ccc1O. The Morgan fingerprint density at radius 1 is 1.03 bits per heavy atom. The maximum absolute atomic E-state index is 12.0. The summed E-state index contributed by atoms with van der Waals surface area (Å²) in [5, 5.41) is 21.2. The average Bonchev–Trinajstić information content (AvgIpc) is 2.88. The fraction of sp³-hybridized carbons (Fsp3) is 0.240. The third kappa shape index (κ3) is 4.68. The van der Waals surface area contributed by atoms with Crippen molar-refractivity contribution in [1.29, 1.82) is 0 Å². The van der Waals surface area contributed by atoms with Gasteiger partial charge in [-0.2, -0.15) is 4.98 Å². The van der Waals surface area contributed by atoms with E-state index in [0.717, 1.165) is 43.0 Å². The molecular weight excluding hydrogens is 460 g/mol. The number of rotatable bonds is 5. The minimum absolute atomic E-state index is 0.0145. The molecule has 0 unspecified atom stereocenters. The summed E-state index contributed by atoms with van der Waals surface area (Å²) in [4.78, 5) is 25.5. The van der Waals surface area contributed by atoms with Crippen LogP contribution in [0, 0.1) is 0 Å². The van der Waals surface area contributed by atoms with Gasteiger partial charge >= 0.3 is 5.69 Å². The van der Waals surface area contributed by atoms with E-state index in [0.29, 0.717) is 22.4 Å². The van der Waals surface area contributed by atoms with Crippen LogP contribution in [0.25, 0.3) is 33.4 Å². The molecule has 0 atom stereocenters. The van der Waals surface area contributed by atoms with E-state index in [9.17, 15) is 9.90 Å². The Hall–Kier alpha value is -4.51. The van der Waals surface area contributed by atoms with Crippen LogP contribution in [-0.2, 0) is 0 Å². The van der Waals surface area contributed by atoms with E-state index in [1.165, 1.54) is 13.2 Å². The van der Waals surface area contributed by atoms with Crippen LogP contribution < -0.4 is 16.2 Å². The fourth-order valence-electron chi connectivity index (χ4n) is 4.10. The molecule has 0 aliphatic carbocycles. The van der Waals surface area contributed by atoms with E-state index < -0.39 is 5.69 Å². The number of aromatic nitrogens is 3. The number of benzene rings is 2. The maximum Gasteiger partial charge on any atom is 0.348 e. The number of piperazine rings is 1. The summed E-state index contributed by atoms with van der Waals surface area (Å²) in [6.45, 7) is 3.61. The first kappa shape index (κ1) is 23.2. The van der Waals surface area contributed by atoms with E-state index >= 15 is 0 Å². The fourth-order valence-corrected chi connectivity index (χ4v) is 4.10. The van der Waals surface area contributed by atoms with Gasteiger partial charge in [0.2, 0.25) is 0 Å². The first-order valence-electron chi connectivity index (χ1n) is 11.4. The lowest BCUT2D eigenvalue weighted by atomic mass is 9.99. The maximum atomic E-state index is 12.0. The molecule has 0 radical (unpaired) electrons. The molecule has 1 fully saturated rings. The molecule has 1 saturated heterocycles. The minimum atomic E-state index is -0.585. The molecule has 0 amide bonds. The number of aromatic amines is 1. The molecule has 1 aliphatic heterocycles. The molecule has 5 rings (SSSR count). The summed E-state index contributed by atoms with van der Waals surface area (Å²) in [5.74, 6) is 0.483. The molecule has 4 N–H and O–H groups in total. The number of hydrogen-bond acceptors (Lipinski definition) is 9. The topological polar surface area (TPSA) is 145 Å². The number of pyridine rings is 1. The van der Waals surface area contributed by atoms with Crippen molar-refractivity contribution in [3.8, 4) is 33.9 Å². The summed E-state index contributed by atoms with van der Waals surface area (Å²) in [6.07, 6.45) is 0. The molecule has 2 aromatic heterocycles. The monoisotopic (exact) mass is 486 g/mol. The van der Waals surface area contributed by atoms with Crippen LogP contribution in [0.1, 0.15) is 0 Å². The van der Waals surface area contributed by atoms with Crippen molar-refractivity contribution < 1.29 is 9.84 Å². The minimum Gasteiger partial charge on any atom is -0.504 e. The van der Waals surface area contributed by atoms with E-state index in [1.807, 2.05) is 35.3 Å². The number of fused-ring (bicyclic) bond motifs is 1. The predicted molar refractivity (Wildman–Crippen MR) is 137 cm³/mol. The molecule has 0 spiro atoms. The lowest BCUT2D eigenvalue weighted by molar-refractivity contribution is 0.150. The van der Waals surface area contributed by atoms with Crippen molar-refractivity contribution in [2.75, 3.05) is 46.1 Å². The number of nitrogen functional groups attached to an aromatic ring is 1. The van der Waals surface area contributed by atoms with Gasteiger partial charge < -0.3 is 20.5 Å². The zero-order chi connectivity index (χ0) is 25.2. The van der Waals surface area contributed by atoms with Crippen LogP contribution in [0.5, 0.6) is 11.5 Å². The Bertz CT molecular complexity index is 1490. The molecule has 4 aromatic rings. The van der Waals surface area contributed by atoms with Gasteiger partial charge in [0.05, 0.1) is 37.0 Å². The zero-order valence-electron chi connectivity index (χ0n) is 20.0. The third-order valence-corrected chi connectivity index (χ3v) is 6.14. The van der Waals surface area contributed by atoms with Crippen molar-refractivity contribution >= 4 is 22.5 Å². The highest BCUT2D eigenvalue weighted by molar-refractivity contribution is 6.01. The number of methoxy groups -OCH3 is 1. The highest BCUT2D eigenvalue weighted by Crippen LogP contribution is 2.37. The number of phenols is 1. The predicted octanol–water partition coefficient (Wildman–Crippen LogP) is 3.19. The Labute approximate surface area is 206 Å². The van der Waals surface area contributed by atoms with Gasteiger partial charge in [0, 0.05) is 18.7 Å². The highest BCUT2D eigenvalue weighted by atomic mass is 16.5. The van der Waals surface area contributed by atoms with Gasteiger partial charge in [0.1, 0.15) is 5.82 Å². The molecule has 2 aromatic carbocycles. The normalized spacial score (nSPS) is 14.6. The van der Waals surface area contributed by atoms with Crippen molar-refractivity contribution in [1.82, 2.24) is 24.9 Å². The number of nitrogens with one attached hydrogen (secondary N) is 1. The van der Waals surface area contributed by atoms with Crippen LogP contribution in [0.2, 0.25) is 0 Å². The average molecular weight is 487 g/mol. The van der Waals surface area contributed by atoms with Crippen LogP contribution in [0.15, 0.2) is 63.7 Å². The standard InChI is InChI=1S/C25H26N8O3/c1-32-9-11-33(12-10-32)31-30-17-6-3-15(4-7-17)19-14-18(16-5-8-20(34)21(13-16)36-2)22-23(26)28-25(35)29-24(22)27-19/h3-8,13-14,34H,9-12H2,1-2H3,(H3,26,27,28,29,35). The number of phenolic OH excluding ortho intramolecular Hbond substituents is 1. The van der Waals surface area contributed by atoms with Gasteiger partial charge in [-0.25, -0.2) is 9.78 Å². The molecule has 184 valence electrons. The van der Waals surface area contributed by atoms with E-state index in [-0.39, 0.29) is 17.2 Å². The number of hydrogen-bond donors (Lipinski definition) is 3. The van der Waals surface area contributed by atoms with Crippen molar-refractivity contribution in [3.05, 3.63) is 59.0 Å². The Kier molecular flexibility index (Phi) is 6.21. The van der Waals surface area contributed by atoms with Crippen molar-refractivity contribution in [3.63, 3.8) is 0 Å². The number of nitrogens with zero attached hydrogens (tertiary/aromatic N) is 6. The summed E-state index contributed by atoms with van der Waals surface area (Å²) in [5.41, 5.74) is 9.33. The van der Waals surface area contributed by atoms with Crippen LogP contribution in [0.3, 0.4) is 0 Å². The second kappa shape index (κ2) is 9.62. The van der Waals surface area contributed by atoms with Crippen molar-refractivity contribution in [2.45, 2.75) is 0 Å². The molecule has 1 aliphatic rings. The summed E-state index contributed by atoms with van der Waals surface area (Å²) in [6, 6.07) is 14.4. The second-order valence-electron chi connectivity index (χ2n) is 8.59. The molecule has 36 heavy (non-hydrogen) atoms. The number of H-pyrrole nitrogens is 1. The van der Waals surface area contributed by atoms with Gasteiger partial charge in [-0.1, -0.05) is 23.4 Å². The summed E-state index contributed by atoms with van der Waals surface area (Å²) in [7, 11) is 3.57. The molecular formula is C25H26N8O3. The summed E-state index contributed by atoms with van der Waals surface area (Å²) < 4.78 is 5.27. The van der Waals surface area contributed by atoms with Gasteiger partial charge in [0.25, 0.3) is 0 Å². The Morgan fingerprint density at radius 3 is 2.47 bits per heavy atom. The third-order valence-electron chi connectivity index (χ3n) is 6.14. The largest absolute Gasteiger partial charge is 0.504 e. The van der Waals surface area contributed by atoms with Gasteiger partial charge in [0.15, 0.2) is 17.1 Å². The van der Waals surface area contributed by atoms with E-state index in [1.54, 1.807) is 12.1 Å². The quantitative estimate of drug-likeness (QED) is 0.365. The number of aromatic hydroxyl groups is 1. The lowest BCUT2D eigenvalue weighted by Gasteiger charge is -2.29. The van der Waals surface area contributed by atoms with E-state index in [2.05, 4.69) is 37.2 Å². The van der Waals surface area contributed by atoms with E-state index in [4.69, 9.17) is 10.5 Å².